The van der Waals surface area contributed by atoms with Crippen molar-refractivity contribution < 1.29 is 44.3 Å². The quantitative estimate of drug-likeness (QED) is 0.108. The van der Waals surface area contributed by atoms with Gasteiger partial charge in [0.25, 0.3) is 12.3 Å². The van der Waals surface area contributed by atoms with Crippen LogP contribution in [-0.2, 0) is 57.6 Å². The number of aromatic nitrogens is 7. The van der Waals surface area contributed by atoms with Crippen LogP contribution in [0.25, 0.3) is 22.0 Å². The van der Waals surface area contributed by atoms with Crippen LogP contribution in [0.4, 0.5) is 32.2 Å². The summed E-state index contributed by atoms with van der Waals surface area (Å²) >= 11 is 6.66. The number of imidazole rings is 1. The summed E-state index contributed by atoms with van der Waals surface area (Å²) in [6.45, 7) is 1.72. The van der Waals surface area contributed by atoms with Crippen molar-refractivity contribution in [2.75, 3.05) is 17.6 Å². The molecule has 63 heavy (non-hydrogen) atoms. The van der Waals surface area contributed by atoms with Crippen LogP contribution >= 0.6 is 11.6 Å². The van der Waals surface area contributed by atoms with Gasteiger partial charge in [-0.25, -0.2) is 35.9 Å². The lowest BCUT2D eigenvalue weighted by Gasteiger charge is -2.34. The Hall–Kier alpha value is -5.91. The zero-order valence-corrected chi connectivity index (χ0v) is 35.1. The van der Waals surface area contributed by atoms with E-state index in [1.807, 2.05) is 4.57 Å². The molecule has 21 heteroatoms. The first-order valence-corrected chi connectivity index (χ1v) is 21.9. The second kappa shape index (κ2) is 15.4. The maximum absolute atomic E-state index is 15.8. The Kier molecular flexibility index (Phi) is 10.4. The SMILES string of the molecule is Cn1nc(NS(C)(=O)=O)c2c(Cl)ccc(-c3ccc(C#CC4(C)OCCn5ccnc54)nc3[C@H](Cc3cc(F)cc(F)c3)NC(=O)Cn3nc(C(F)F)c4c3C(F)(F)[C@@H]3CC[C@H]43)c21. The van der Waals surface area contributed by atoms with Gasteiger partial charge >= 0.3 is 0 Å². The summed E-state index contributed by atoms with van der Waals surface area (Å²) in [6.07, 6.45) is 1.25. The Morgan fingerprint density at radius 2 is 1.81 bits per heavy atom. The minimum atomic E-state index is -3.84. The van der Waals surface area contributed by atoms with Gasteiger partial charge in [0, 0.05) is 54.7 Å². The molecule has 2 N–H and O–H groups in total. The maximum atomic E-state index is 15.8. The van der Waals surface area contributed by atoms with Crippen LogP contribution in [0.1, 0.15) is 77.9 Å². The highest BCUT2D eigenvalue weighted by molar-refractivity contribution is 7.92. The predicted molar refractivity (Wildman–Crippen MR) is 217 cm³/mol. The summed E-state index contributed by atoms with van der Waals surface area (Å²) in [6, 6.07) is 7.74. The van der Waals surface area contributed by atoms with Crippen LogP contribution in [0.3, 0.4) is 0 Å². The summed E-state index contributed by atoms with van der Waals surface area (Å²) < 4.78 is 127. The standard InChI is InChI=1S/C42H36ClF6N9O4S/c1-41(40-50-12-13-57(40)14-15-62-41)11-10-24-4-5-25(26-7-9-29(43)33-36(26)56(2)54-39(33)55-63(3,60)61)34(51-24)30(18-21-16-22(44)19-23(45)17-21)52-31(59)20-58-37-32(35(53-58)38(46)47)27-6-8-28(27)42(37,48)49/h4-5,7,9,12-13,16-17,19,27-28,30,38H,6,8,14-15,18,20H2,1-3H3,(H,52,59)(H,54,55)/t27-,28+,30-,41?/m0/s1. The van der Waals surface area contributed by atoms with E-state index in [0.29, 0.717) is 40.8 Å². The third kappa shape index (κ3) is 7.58. The third-order valence-corrected chi connectivity index (χ3v) is 12.6. The van der Waals surface area contributed by atoms with E-state index in [9.17, 15) is 30.8 Å². The molecule has 1 saturated carbocycles. The fraction of sp³-hybridized carbons (Fsp3) is 0.357. The molecule has 4 aromatic heterocycles. The predicted octanol–water partition coefficient (Wildman–Crippen LogP) is 7.27. The van der Waals surface area contributed by atoms with Crippen molar-refractivity contribution in [2.45, 2.75) is 69.2 Å². The monoisotopic (exact) mass is 911 g/mol. The van der Waals surface area contributed by atoms with Crippen molar-refractivity contribution in [1.82, 2.24) is 39.4 Å². The lowest BCUT2D eigenvalue weighted by atomic mass is 9.73. The van der Waals surface area contributed by atoms with Gasteiger partial charge in [0.1, 0.15) is 35.3 Å². The molecule has 0 radical (unpaired) electrons. The highest BCUT2D eigenvalue weighted by Gasteiger charge is 2.62. The average Bonchev–Trinajstić information content (AvgIpc) is 3.92. The van der Waals surface area contributed by atoms with Gasteiger partial charge in [0.2, 0.25) is 15.9 Å². The van der Waals surface area contributed by atoms with Gasteiger partial charge in [0.15, 0.2) is 17.2 Å². The molecule has 328 valence electrons. The fourth-order valence-corrected chi connectivity index (χ4v) is 9.71. The number of alkyl halides is 4. The van der Waals surface area contributed by atoms with Crippen molar-refractivity contribution in [3.05, 3.63) is 111 Å². The molecule has 0 bridgehead atoms. The summed E-state index contributed by atoms with van der Waals surface area (Å²) in [5.41, 5.74) is -1.73. The van der Waals surface area contributed by atoms with E-state index in [0.717, 1.165) is 18.4 Å². The van der Waals surface area contributed by atoms with E-state index in [1.165, 1.54) is 10.7 Å². The van der Waals surface area contributed by atoms with E-state index in [1.54, 1.807) is 44.6 Å². The van der Waals surface area contributed by atoms with Crippen LogP contribution in [0.2, 0.25) is 5.02 Å². The first-order chi connectivity index (χ1) is 29.8. The number of carbonyl (C=O) groups excluding carboxylic acids is 1. The molecule has 1 aliphatic heterocycles. The maximum Gasteiger partial charge on any atom is 0.293 e. The Bertz CT molecular complexity index is 3010. The Morgan fingerprint density at radius 3 is 2.51 bits per heavy atom. The topological polar surface area (TPSA) is 151 Å². The van der Waals surface area contributed by atoms with E-state index >= 15 is 8.78 Å². The van der Waals surface area contributed by atoms with Crippen molar-refractivity contribution in [3.63, 3.8) is 0 Å². The number of nitrogens with zero attached hydrogens (tertiary/aromatic N) is 7. The van der Waals surface area contributed by atoms with Crippen molar-refractivity contribution >= 4 is 44.3 Å². The zero-order valence-electron chi connectivity index (χ0n) is 33.6. The molecule has 3 aliphatic rings. The van der Waals surface area contributed by atoms with Gasteiger partial charge in [-0.3, -0.25) is 18.9 Å². The Labute approximate surface area is 360 Å². The highest BCUT2D eigenvalue weighted by atomic mass is 35.5. The first kappa shape index (κ1) is 42.4. The van der Waals surface area contributed by atoms with Gasteiger partial charge in [-0.1, -0.05) is 23.6 Å². The molecule has 5 heterocycles. The number of pyridine rings is 1. The Morgan fingerprint density at radius 1 is 1.06 bits per heavy atom. The number of sulfonamides is 1. The van der Waals surface area contributed by atoms with Gasteiger partial charge in [0.05, 0.1) is 40.5 Å². The van der Waals surface area contributed by atoms with Crippen LogP contribution < -0.4 is 10.0 Å². The number of nitrogens with one attached hydrogen (secondary N) is 2. The van der Waals surface area contributed by atoms with Crippen molar-refractivity contribution in [1.29, 1.82) is 0 Å². The van der Waals surface area contributed by atoms with Gasteiger partial charge in [-0.05, 0) is 73.9 Å². The van der Waals surface area contributed by atoms with Crippen molar-refractivity contribution in [2.24, 2.45) is 13.0 Å². The molecule has 4 atom stereocenters. The summed E-state index contributed by atoms with van der Waals surface area (Å²) in [5, 5.41) is 11.3. The van der Waals surface area contributed by atoms with E-state index in [-0.39, 0.29) is 63.6 Å². The number of ether oxygens (including phenoxy) is 1. The smallest absolute Gasteiger partial charge is 0.293 e. The molecule has 13 nitrogen and oxygen atoms in total. The number of anilines is 1. The molecule has 0 spiro atoms. The summed E-state index contributed by atoms with van der Waals surface area (Å²) in [4.78, 5) is 23.5. The second-order valence-electron chi connectivity index (χ2n) is 16.0. The van der Waals surface area contributed by atoms with Crippen LogP contribution in [-0.4, -0.2) is 61.3 Å². The van der Waals surface area contributed by atoms with Gasteiger partial charge in [-0.15, -0.1) is 0 Å². The minimum absolute atomic E-state index is 0.0563. The largest absolute Gasteiger partial charge is 0.353 e. The molecule has 2 aliphatic carbocycles. The van der Waals surface area contributed by atoms with Crippen LogP contribution in [0, 0.1) is 29.4 Å². The van der Waals surface area contributed by atoms with E-state index in [2.05, 4.69) is 37.1 Å². The molecule has 6 aromatic rings. The molecular weight excluding hydrogens is 876 g/mol. The average molecular weight is 912 g/mol. The molecule has 1 fully saturated rings. The summed E-state index contributed by atoms with van der Waals surface area (Å²) in [5.74, 6) is -1.75. The zero-order chi connectivity index (χ0) is 44.7. The number of fused-ring (bicyclic) bond motifs is 5. The van der Waals surface area contributed by atoms with Crippen LogP contribution in [0.5, 0.6) is 0 Å². The number of rotatable bonds is 10. The summed E-state index contributed by atoms with van der Waals surface area (Å²) in [7, 11) is -2.30. The van der Waals surface area contributed by atoms with Crippen molar-refractivity contribution in [3.8, 4) is 23.0 Å². The van der Waals surface area contributed by atoms with Gasteiger partial charge < -0.3 is 14.6 Å². The number of aryl methyl sites for hydroxylation is 1. The molecule has 1 amide bonds. The van der Waals surface area contributed by atoms with Gasteiger partial charge in [-0.2, -0.15) is 19.0 Å². The normalized spacial score (nSPS) is 20.4. The fourth-order valence-electron chi connectivity index (χ4n) is 8.97. The molecule has 9 rings (SSSR count). The molecular formula is C42H36ClF6N9O4S. The first-order valence-electron chi connectivity index (χ1n) is 19.7. The third-order valence-electron chi connectivity index (χ3n) is 11.7. The number of benzene rings is 2. The molecule has 1 unspecified atom stereocenters. The van der Waals surface area contributed by atoms with E-state index < -0.39 is 81.3 Å². The number of halogens is 7. The number of hydrogen-bond acceptors (Lipinski definition) is 8. The molecule has 2 aromatic carbocycles. The van der Waals surface area contributed by atoms with E-state index in [4.69, 9.17) is 21.3 Å². The highest BCUT2D eigenvalue weighted by Crippen LogP contribution is 2.63. The number of amides is 1. The lowest BCUT2D eigenvalue weighted by molar-refractivity contribution is -0.123. The number of hydrogen-bond donors (Lipinski definition) is 2. The molecule has 0 saturated heterocycles. The van der Waals surface area contributed by atoms with Crippen LogP contribution in [0.15, 0.2) is 54.9 Å². The second-order valence-corrected chi connectivity index (χ2v) is 18.1. The number of carbonyl (C=O) groups is 1. The Balaban J connectivity index is 1.20. The minimum Gasteiger partial charge on any atom is -0.353 e. The lowest BCUT2D eigenvalue weighted by Crippen LogP contribution is -2.36.